The van der Waals surface area contributed by atoms with E-state index in [1.165, 1.54) is 116 Å². The Bertz CT molecular complexity index is 1140. The van der Waals surface area contributed by atoms with E-state index in [1.54, 1.807) is 6.92 Å². The number of hydrogen-bond acceptors (Lipinski definition) is 8. The summed E-state index contributed by atoms with van der Waals surface area (Å²) in [6, 6.07) is 0. The lowest BCUT2D eigenvalue weighted by molar-refractivity contribution is -0.327. The van der Waals surface area contributed by atoms with E-state index in [-0.39, 0.29) is 5.97 Å². The van der Waals surface area contributed by atoms with E-state index in [0.717, 1.165) is 117 Å². The summed E-state index contributed by atoms with van der Waals surface area (Å²) in [5.74, 6) is -0.298. The molecule has 8 heteroatoms. The van der Waals surface area contributed by atoms with Crippen molar-refractivity contribution in [2.24, 2.45) is 16.2 Å². The van der Waals surface area contributed by atoms with Crippen molar-refractivity contribution in [2.75, 3.05) is 59.5 Å². The Labute approximate surface area is 354 Å². The molecule has 4 saturated carbocycles. The van der Waals surface area contributed by atoms with Crippen LogP contribution in [-0.4, -0.2) is 87.8 Å². The molecule has 0 amide bonds. The maximum atomic E-state index is 13.4. The second kappa shape index (κ2) is 20.9. The van der Waals surface area contributed by atoms with E-state index < -0.39 is 22.4 Å². The summed E-state index contributed by atoms with van der Waals surface area (Å²) in [6.07, 6.45) is 30.3. The summed E-state index contributed by atoms with van der Waals surface area (Å²) in [6.45, 7) is 20.4. The smallest absolute Gasteiger partial charge is 0.333 e. The van der Waals surface area contributed by atoms with Gasteiger partial charge in [0, 0.05) is 80.2 Å². The first-order valence-electron chi connectivity index (χ1n) is 24.5. The Morgan fingerprint density at radius 2 is 0.741 bits per heavy atom. The normalized spacial score (nSPS) is 31.0. The molecular weight excluding hydrogens is 729 g/mol. The van der Waals surface area contributed by atoms with Gasteiger partial charge in [0.2, 0.25) is 0 Å². The molecule has 58 heavy (non-hydrogen) atoms. The maximum Gasteiger partial charge on any atom is 0.333 e. The number of ether oxygens (including phenoxy) is 7. The van der Waals surface area contributed by atoms with E-state index in [2.05, 4.69) is 27.4 Å². The highest BCUT2D eigenvalue weighted by atomic mass is 16.6. The van der Waals surface area contributed by atoms with E-state index in [1.807, 2.05) is 0 Å². The SMILES string of the molecule is C=C(C)C(=O)OC12CC3(OCCCCCC4(CCCC)COC4)CC(OCCCCCC4(CCCC)COC4)(CC(OCCCCCC4(CCCC)COC4)(C3)C1)C2. The Hall–Kier alpha value is -1.03. The van der Waals surface area contributed by atoms with Crippen molar-refractivity contribution >= 4 is 5.97 Å². The molecule has 0 atom stereocenters. The van der Waals surface area contributed by atoms with Gasteiger partial charge in [-0.15, -0.1) is 0 Å². The molecular formula is C50H86O8. The second-order valence-electron chi connectivity index (χ2n) is 21.2. The molecule has 3 heterocycles. The largest absolute Gasteiger partial charge is 0.455 e. The molecule has 3 saturated heterocycles. The summed E-state index contributed by atoms with van der Waals surface area (Å²) in [5, 5.41) is 0. The first-order chi connectivity index (χ1) is 28.0. The quantitative estimate of drug-likeness (QED) is 0.0377. The monoisotopic (exact) mass is 815 g/mol. The van der Waals surface area contributed by atoms with Gasteiger partial charge in [-0.3, -0.25) is 0 Å². The van der Waals surface area contributed by atoms with Crippen LogP contribution in [0, 0.1) is 16.2 Å². The molecule has 7 aliphatic rings. The zero-order valence-corrected chi connectivity index (χ0v) is 37.9. The molecule has 8 nitrogen and oxygen atoms in total. The summed E-state index contributed by atoms with van der Waals surface area (Å²) < 4.78 is 45.0. The summed E-state index contributed by atoms with van der Waals surface area (Å²) in [4.78, 5) is 13.4. The van der Waals surface area contributed by atoms with Gasteiger partial charge in [0.25, 0.3) is 0 Å². The van der Waals surface area contributed by atoms with E-state index in [0.29, 0.717) is 21.8 Å². The Morgan fingerprint density at radius 3 is 1.00 bits per heavy atom. The van der Waals surface area contributed by atoms with Crippen molar-refractivity contribution in [3.8, 4) is 0 Å². The van der Waals surface area contributed by atoms with Crippen LogP contribution in [0.15, 0.2) is 12.2 Å². The number of carbonyl (C=O) groups is 1. The predicted molar refractivity (Wildman–Crippen MR) is 231 cm³/mol. The van der Waals surface area contributed by atoms with Gasteiger partial charge in [-0.2, -0.15) is 0 Å². The van der Waals surface area contributed by atoms with Crippen molar-refractivity contribution in [1.82, 2.24) is 0 Å². The van der Waals surface area contributed by atoms with Crippen molar-refractivity contribution in [3.63, 3.8) is 0 Å². The minimum absolute atomic E-state index is 0.298. The average Bonchev–Trinajstić information content (AvgIpc) is 3.13. The lowest BCUT2D eigenvalue weighted by Gasteiger charge is -2.68. The maximum absolute atomic E-state index is 13.4. The zero-order chi connectivity index (χ0) is 41.1. The molecule has 3 aliphatic heterocycles. The van der Waals surface area contributed by atoms with Crippen LogP contribution in [0.4, 0.5) is 0 Å². The molecule has 7 rings (SSSR count). The molecule has 7 fully saturated rings. The lowest BCUT2D eigenvalue weighted by Crippen LogP contribution is -2.74. The highest BCUT2D eigenvalue weighted by Gasteiger charge is 2.72. The number of unbranched alkanes of at least 4 members (excludes halogenated alkanes) is 9. The fourth-order valence-corrected chi connectivity index (χ4v) is 12.4. The third kappa shape index (κ3) is 11.9. The third-order valence-corrected chi connectivity index (χ3v) is 15.4. The number of hydrogen-bond donors (Lipinski definition) is 0. The van der Waals surface area contributed by atoms with Crippen molar-refractivity contribution in [2.45, 2.75) is 223 Å². The van der Waals surface area contributed by atoms with Crippen LogP contribution in [0.5, 0.6) is 0 Å². The molecule has 0 aromatic rings. The Kier molecular flexibility index (Phi) is 16.7. The number of esters is 1. The highest BCUT2D eigenvalue weighted by molar-refractivity contribution is 5.87. The molecule has 0 aromatic heterocycles. The van der Waals surface area contributed by atoms with Gasteiger partial charge in [0.1, 0.15) is 5.60 Å². The van der Waals surface area contributed by atoms with E-state index in [4.69, 9.17) is 33.2 Å². The molecule has 0 N–H and O–H groups in total. The van der Waals surface area contributed by atoms with Gasteiger partial charge < -0.3 is 33.2 Å². The standard InChI is InChI=1S/C50H86O8/c1-6-9-21-44(36-52-37-44)24-15-12-18-27-55-47-30-48(56-28-19-13-16-25-45(22-10-7-2)38-53-39-45)32-49(31-47,35-50(33-47,34-48)58-43(51)42(4)5)57-29-20-14-17-26-46(23-11-8-3)40-54-41-46/h4,6-41H2,1-3,5H3. The predicted octanol–water partition coefficient (Wildman–Crippen LogP) is 11.8. The van der Waals surface area contributed by atoms with Crippen LogP contribution in [0.3, 0.4) is 0 Å². The zero-order valence-electron chi connectivity index (χ0n) is 37.9. The summed E-state index contributed by atoms with van der Waals surface area (Å²) in [7, 11) is 0. The van der Waals surface area contributed by atoms with Crippen LogP contribution in [0.2, 0.25) is 0 Å². The average molecular weight is 815 g/mol. The van der Waals surface area contributed by atoms with Crippen molar-refractivity contribution in [3.05, 3.63) is 12.2 Å². The first kappa shape index (κ1) is 46.5. The van der Waals surface area contributed by atoms with Gasteiger partial charge in [-0.25, -0.2) is 4.79 Å². The van der Waals surface area contributed by atoms with Gasteiger partial charge in [-0.05, 0) is 64.7 Å². The van der Waals surface area contributed by atoms with E-state index >= 15 is 0 Å². The van der Waals surface area contributed by atoms with Crippen LogP contribution >= 0.6 is 0 Å². The molecule has 4 aliphatic carbocycles. The Balaban J connectivity index is 1.08. The molecule has 334 valence electrons. The fraction of sp³-hybridized carbons (Fsp3) is 0.940. The molecule has 0 spiro atoms. The van der Waals surface area contributed by atoms with Crippen molar-refractivity contribution < 1.29 is 38.0 Å². The summed E-state index contributed by atoms with van der Waals surface area (Å²) in [5.41, 5.74) is -0.283. The Morgan fingerprint density at radius 1 is 0.448 bits per heavy atom. The molecule has 0 aromatic carbocycles. The van der Waals surface area contributed by atoms with Gasteiger partial charge in [0.05, 0.1) is 56.4 Å². The fourth-order valence-electron chi connectivity index (χ4n) is 12.4. The van der Waals surface area contributed by atoms with Gasteiger partial charge >= 0.3 is 5.97 Å². The summed E-state index contributed by atoms with van der Waals surface area (Å²) >= 11 is 0. The third-order valence-electron chi connectivity index (χ3n) is 15.4. The van der Waals surface area contributed by atoms with E-state index in [9.17, 15) is 4.79 Å². The lowest BCUT2D eigenvalue weighted by atomic mass is 9.48. The van der Waals surface area contributed by atoms with Crippen LogP contribution < -0.4 is 0 Å². The number of carbonyl (C=O) groups excluding carboxylic acids is 1. The molecule has 0 unspecified atom stereocenters. The topological polar surface area (TPSA) is 81.7 Å². The second-order valence-corrected chi connectivity index (χ2v) is 21.2. The molecule has 4 bridgehead atoms. The van der Waals surface area contributed by atoms with Crippen molar-refractivity contribution in [1.29, 1.82) is 0 Å². The van der Waals surface area contributed by atoms with Gasteiger partial charge in [-0.1, -0.05) is 104 Å². The minimum Gasteiger partial charge on any atom is -0.455 e. The molecule has 0 radical (unpaired) electrons. The first-order valence-corrected chi connectivity index (χ1v) is 24.5. The highest BCUT2D eigenvalue weighted by Crippen LogP contribution is 2.65. The minimum atomic E-state index is -0.674. The number of rotatable bonds is 32. The van der Waals surface area contributed by atoms with Crippen LogP contribution in [0.1, 0.15) is 201 Å². The van der Waals surface area contributed by atoms with Gasteiger partial charge in [0.15, 0.2) is 0 Å². The van der Waals surface area contributed by atoms with Crippen LogP contribution in [-0.2, 0) is 38.0 Å². The van der Waals surface area contributed by atoms with Crippen LogP contribution in [0.25, 0.3) is 0 Å².